The third-order valence-electron chi connectivity index (χ3n) is 5.41. The van der Waals surface area contributed by atoms with Crippen molar-refractivity contribution in [1.29, 1.82) is 0 Å². The topological polar surface area (TPSA) is 102 Å². The fourth-order valence-corrected chi connectivity index (χ4v) is 4.38. The van der Waals surface area contributed by atoms with E-state index < -0.39 is 34.5 Å². The van der Waals surface area contributed by atoms with E-state index in [4.69, 9.17) is 13.9 Å². The average molecular weight is 556 g/mol. The normalized spacial score (nSPS) is 12.2. The summed E-state index contributed by atoms with van der Waals surface area (Å²) in [5.74, 6) is 0.449. The highest BCUT2D eigenvalue weighted by molar-refractivity contribution is 7.86. The Bertz CT molecular complexity index is 1340. The number of aromatic nitrogens is 1. The van der Waals surface area contributed by atoms with Gasteiger partial charge < -0.3 is 13.9 Å². The molecule has 0 bridgehead atoms. The molecule has 38 heavy (non-hydrogen) atoms. The molecule has 2 aromatic carbocycles. The van der Waals surface area contributed by atoms with E-state index >= 15 is 0 Å². The maximum absolute atomic E-state index is 12.8. The first kappa shape index (κ1) is 29.1. The maximum atomic E-state index is 12.8. The lowest BCUT2D eigenvalue weighted by atomic mass is 10.1. The van der Waals surface area contributed by atoms with E-state index in [-0.39, 0.29) is 25.6 Å². The van der Waals surface area contributed by atoms with Gasteiger partial charge in [0.1, 0.15) is 30.4 Å². The molecule has 1 aromatic heterocycles. The zero-order valence-corrected chi connectivity index (χ0v) is 22.1. The van der Waals surface area contributed by atoms with Crippen molar-refractivity contribution in [2.75, 3.05) is 27.2 Å². The van der Waals surface area contributed by atoms with Gasteiger partial charge >= 0.3 is 12.1 Å². The third-order valence-corrected chi connectivity index (χ3v) is 7.24. The molecule has 0 saturated carbocycles. The number of rotatable bonds is 11. The molecular weight excluding hydrogens is 527 g/mol. The van der Waals surface area contributed by atoms with Crippen LogP contribution in [0, 0.1) is 6.92 Å². The second kappa shape index (κ2) is 12.0. The lowest BCUT2D eigenvalue weighted by molar-refractivity contribution is -0.143. The van der Waals surface area contributed by atoms with Crippen molar-refractivity contribution in [3.8, 4) is 17.2 Å². The Kier molecular flexibility index (Phi) is 9.18. The summed E-state index contributed by atoms with van der Waals surface area (Å²) in [6, 6.07) is 11.1. The fraction of sp³-hybridized carbons (Fsp3) is 0.360. The van der Waals surface area contributed by atoms with Crippen LogP contribution in [-0.2, 0) is 39.1 Å². The van der Waals surface area contributed by atoms with Gasteiger partial charge in [-0.15, -0.1) is 0 Å². The first-order valence-corrected chi connectivity index (χ1v) is 12.9. The van der Waals surface area contributed by atoms with Crippen LogP contribution in [0.5, 0.6) is 5.75 Å². The lowest BCUT2D eigenvalue weighted by Crippen LogP contribution is -2.42. The summed E-state index contributed by atoms with van der Waals surface area (Å²) in [5.41, 5.74) is 0.729. The smallest absolute Gasteiger partial charge is 0.416 e. The molecule has 3 rings (SSSR count). The zero-order chi connectivity index (χ0) is 28.1. The second-order valence-corrected chi connectivity index (χ2v) is 10.5. The van der Waals surface area contributed by atoms with E-state index in [1.807, 2.05) is 0 Å². The van der Waals surface area contributed by atoms with Crippen molar-refractivity contribution >= 4 is 16.2 Å². The van der Waals surface area contributed by atoms with Crippen LogP contribution in [0.15, 0.2) is 52.9 Å². The highest BCUT2D eigenvalue weighted by Gasteiger charge is 2.30. The standard InChI is InChI=1S/C25H28F3N3O6S/c1-5-35-23(32)15-31(38(33,34)30(3)4)14-18-6-12-21(13-7-18)36-16-22-17(2)37-24(29-22)19-8-10-20(11-9-19)25(26,27)28/h6-13H,5,14-16H2,1-4H3. The van der Waals surface area contributed by atoms with Crippen LogP contribution in [-0.4, -0.2) is 55.2 Å². The predicted molar refractivity (Wildman–Crippen MR) is 132 cm³/mol. The average Bonchev–Trinajstić information content (AvgIpc) is 3.23. The van der Waals surface area contributed by atoms with Gasteiger partial charge in [0.2, 0.25) is 5.89 Å². The first-order chi connectivity index (χ1) is 17.8. The van der Waals surface area contributed by atoms with Gasteiger partial charge in [0.05, 0.1) is 12.2 Å². The number of aryl methyl sites for hydroxylation is 1. The minimum Gasteiger partial charge on any atom is -0.487 e. The van der Waals surface area contributed by atoms with Crippen molar-refractivity contribution in [2.45, 2.75) is 33.2 Å². The van der Waals surface area contributed by atoms with E-state index in [9.17, 15) is 26.4 Å². The minimum absolute atomic E-state index is 0.0410. The van der Waals surface area contributed by atoms with Crippen molar-refractivity contribution in [2.24, 2.45) is 0 Å². The van der Waals surface area contributed by atoms with E-state index in [0.29, 0.717) is 28.3 Å². The number of alkyl halides is 3. The SMILES string of the molecule is CCOC(=O)CN(Cc1ccc(OCc2nc(-c3ccc(C(F)(F)F)cc3)oc2C)cc1)S(=O)(=O)N(C)C. The Hall–Kier alpha value is -3.42. The van der Waals surface area contributed by atoms with Gasteiger partial charge in [-0.25, -0.2) is 4.98 Å². The molecule has 0 atom stereocenters. The molecule has 0 amide bonds. The molecule has 0 aliphatic rings. The van der Waals surface area contributed by atoms with E-state index in [1.54, 1.807) is 38.1 Å². The summed E-state index contributed by atoms with van der Waals surface area (Å²) in [5, 5.41) is 0. The highest BCUT2D eigenvalue weighted by Crippen LogP contribution is 2.31. The van der Waals surface area contributed by atoms with Gasteiger partial charge in [0, 0.05) is 26.2 Å². The molecule has 0 N–H and O–H groups in total. The molecule has 206 valence electrons. The fourth-order valence-electron chi connectivity index (χ4n) is 3.33. The van der Waals surface area contributed by atoms with Crippen LogP contribution >= 0.6 is 0 Å². The molecule has 1 heterocycles. The summed E-state index contributed by atoms with van der Waals surface area (Å²) in [6.45, 7) is 3.00. The quantitative estimate of drug-likeness (QED) is 0.323. The first-order valence-electron chi connectivity index (χ1n) is 11.5. The molecule has 0 aliphatic heterocycles. The summed E-state index contributed by atoms with van der Waals surface area (Å²) < 4.78 is 82.0. The Balaban J connectivity index is 1.66. The summed E-state index contributed by atoms with van der Waals surface area (Å²) in [4.78, 5) is 16.3. The van der Waals surface area contributed by atoms with Gasteiger partial charge in [-0.1, -0.05) is 12.1 Å². The summed E-state index contributed by atoms with van der Waals surface area (Å²) >= 11 is 0. The van der Waals surface area contributed by atoms with Crippen LogP contribution in [0.25, 0.3) is 11.5 Å². The molecule has 13 heteroatoms. The molecular formula is C25H28F3N3O6S. The minimum atomic E-state index is -4.43. The van der Waals surface area contributed by atoms with E-state index in [0.717, 1.165) is 20.7 Å². The molecule has 0 spiro atoms. The molecule has 3 aromatic rings. The number of nitrogens with zero attached hydrogens (tertiary/aromatic N) is 3. The molecule has 0 unspecified atom stereocenters. The van der Waals surface area contributed by atoms with Crippen LogP contribution in [0.2, 0.25) is 0 Å². The number of carbonyl (C=O) groups is 1. The Labute approximate surface area is 219 Å². The van der Waals surface area contributed by atoms with Gasteiger partial charge in [0.15, 0.2) is 0 Å². The number of esters is 1. The zero-order valence-electron chi connectivity index (χ0n) is 21.3. The maximum Gasteiger partial charge on any atom is 0.416 e. The monoisotopic (exact) mass is 555 g/mol. The molecule has 0 radical (unpaired) electrons. The van der Waals surface area contributed by atoms with Gasteiger partial charge in [-0.05, 0) is 55.8 Å². The van der Waals surface area contributed by atoms with E-state index in [2.05, 4.69) is 4.98 Å². The van der Waals surface area contributed by atoms with Gasteiger partial charge in [-0.2, -0.15) is 30.2 Å². The largest absolute Gasteiger partial charge is 0.487 e. The molecule has 0 fully saturated rings. The van der Waals surface area contributed by atoms with Crippen LogP contribution < -0.4 is 4.74 Å². The Morgan fingerprint density at radius 1 is 1.05 bits per heavy atom. The molecule has 0 aliphatic carbocycles. The Morgan fingerprint density at radius 3 is 2.24 bits per heavy atom. The number of hydrogen-bond acceptors (Lipinski definition) is 7. The van der Waals surface area contributed by atoms with Crippen LogP contribution in [0.4, 0.5) is 13.2 Å². The second-order valence-electron chi connectivity index (χ2n) is 8.39. The van der Waals surface area contributed by atoms with Crippen molar-refractivity contribution < 1.29 is 40.3 Å². The number of halogens is 3. The third kappa shape index (κ3) is 7.33. The van der Waals surface area contributed by atoms with Crippen molar-refractivity contribution in [3.63, 3.8) is 0 Å². The van der Waals surface area contributed by atoms with Crippen molar-refractivity contribution in [3.05, 3.63) is 71.1 Å². The molecule has 9 nitrogen and oxygen atoms in total. The lowest BCUT2D eigenvalue weighted by Gasteiger charge is -2.24. The number of carbonyl (C=O) groups excluding carboxylic acids is 1. The number of ether oxygens (including phenoxy) is 2. The summed E-state index contributed by atoms with van der Waals surface area (Å²) in [6.07, 6.45) is -4.43. The van der Waals surface area contributed by atoms with Crippen LogP contribution in [0.1, 0.15) is 29.5 Å². The van der Waals surface area contributed by atoms with Gasteiger partial charge in [-0.3, -0.25) is 4.79 Å². The predicted octanol–water partition coefficient (Wildman–Crippen LogP) is 4.42. The molecule has 0 saturated heterocycles. The number of benzene rings is 2. The Morgan fingerprint density at radius 2 is 1.68 bits per heavy atom. The van der Waals surface area contributed by atoms with E-state index in [1.165, 1.54) is 26.2 Å². The van der Waals surface area contributed by atoms with Crippen LogP contribution in [0.3, 0.4) is 0 Å². The summed E-state index contributed by atoms with van der Waals surface area (Å²) in [7, 11) is -1.13. The number of oxazole rings is 1. The highest BCUT2D eigenvalue weighted by atomic mass is 32.2. The van der Waals surface area contributed by atoms with Gasteiger partial charge in [0.25, 0.3) is 10.2 Å². The van der Waals surface area contributed by atoms with Crippen molar-refractivity contribution in [1.82, 2.24) is 13.6 Å². The number of hydrogen-bond donors (Lipinski definition) is 0.